The summed E-state index contributed by atoms with van der Waals surface area (Å²) in [4.78, 5) is 11.8. The van der Waals surface area contributed by atoms with Crippen molar-refractivity contribution in [3.63, 3.8) is 0 Å². The van der Waals surface area contributed by atoms with Crippen LogP contribution in [0.5, 0.6) is 5.75 Å². The van der Waals surface area contributed by atoms with E-state index in [4.69, 9.17) is 10.5 Å². The molecule has 0 aliphatic rings. The highest BCUT2D eigenvalue weighted by Crippen LogP contribution is 2.18. The Morgan fingerprint density at radius 3 is 2.83 bits per heavy atom. The van der Waals surface area contributed by atoms with E-state index in [1.807, 2.05) is 38.1 Å². The molecule has 0 aromatic heterocycles. The van der Waals surface area contributed by atoms with Crippen LogP contribution in [0.3, 0.4) is 0 Å². The largest absolute Gasteiger partial charge is 0.497 e. The van der Waals surface area contributed by atoms with Crippen molar-refractivity contribution < 1.29 is 9.53 Å². The van der Waals surface area contributed by atoms with Gasteiger partial charge < -0.3 is 15.8 Å². The van der Waals surface area contributed by atoms with Gasteiger partial charge in [-0.2, -0.15) is 0 Å². The summed E-state index contributed by atoms with van der Waals surface area (Å²) in [6.07, 6.45) is 1.61. The van der Waals surface area contributed by atoms with Crippen LogP contribution in [0.1, 0.15) is 38.3 Å². The van der Waals surface area contributed by atoms with Crippen LogP contribution in [0.4, 0.5) is 0 Å². The Labute approximate surface area is 109 Å². The number of ether oxygens (including phenoxy) is 1. The Kier molecular flexibility index (Phi) is 5.65. The highest BCUT2D eigenvalue weighted by molar-refractivity contribution is 5.81. The van der Waals surface area contributed by atoms with Crippen LogP contribution < -0.4 is 15.8 Å². The predicted molar refractivity (Wildman–Crippen MR) is 72.4 cm³/mol. The Morgan fingerprint density at radius 2 is 2.22 bits per heavy atom. The van der Waals surface area contributed by atoms with Crippen LogP contribution in [0.15, 0.2) is 24.3 Å². The van der Waals surface area contributed by atoms with Crippen molar-refractivity contribution in [3.8, 4) is 5.75 Å². The van der Waals surface area contributed by atoms with E-state index in [0.717, 1.165) is 17.7 Å². The number of carbonyl (C=O) groups excluding carboxylic acids is 1. The Morgan fingerprint density at radius 1 is 1.50 bits per heavy atom. The highest BCUT2D eigenvalue weighted by atomic mass is 16.5. The van der Waals surface area contributed by atoms with E-state index in [1.165, 1.54) is 0 Å². The van der Waals surface area contributed by atoms with Gasteiger partial charge in [-0.3, -0.25) is 4.79 Å². The molecule has 4 heteroatoms. The number of hydrogen-bond acceptors (Lipinski definition) is 3. The maximum atomic E-state index is 11.8. The van der Waals surface area contributed by atoms with Crippen LogP contribution in [0.25, 0.3) is 0 Å². The van der Waals surface area contributed by atoms with Crippen molar-refractivity contribution in [2.75, 3.05) is 7.11 Å². The normalized spacial score (nSPS) is 13.8. The van der Waals surface area contributed by atoms with E-state index in [1.54, 1.807) is 7.11 Å². The summed E-state index contributed by atoms with van der Waals surface area (Å²) in [6, 6.07) is 7.15. The standard InChI is InChI=1S/C14H22N2O2/c1-4-6-13(15)14(17)16-10(2)11-7-5-8-12(9-11)18-3/h5,7-10,13H,4,6,15H2,1-3H3,(H,16,17)/t10?,13-/m0/s1. The van der Waals surface area contributed by atoms with Gasteiger partial charge in [0.1, 0.15) is 5.75 Å². The monoisotopic (exact) mass is 250 g/mol. The molecule has 0 bridgehead atoms. The van der Waals surface area contributed by atoms with Crippen molar-refractivity contribution in [1.29, 1.82) is 0 Å². The van der Waals surface area contributed by atoms with Crippen molar-refractivity contribution in [3.05, 3.63) is 29.8 Å². The minimum absolute atomic E-state index is 0.0736. The third kappa shape index (κ3) is 4.04. The van der Waals surface area contributed by atoms with Gasteiger partial charge in [-0.05, 0) is 31.0 Å². The van der Waals surface area contributed by atoms with Crippen molar-refractivity contribution in [2.24, 2.45) is 5.73 Å². The molecule has 4 nitrogen and oxygen atoms in total. The summed E-state index contributed by atoms with van der Waals surface area (Å²) < 4.78 is 5.16. The summed E-state index contributed by atoms with van der Waals surface area (Å²) in [7, 11) is 1.62. The molecule has 0 aliphatic heterocycles. The number of benzene rings is 1. The fourth-order valence-electron chi connectivity index (χ4n) is 1.76. The third-order valence-electron chi connectivity index (χ3n) is 2.89. The second-order valence-electron chi connectivity index (χ2n) is 4.40. The molecule has 1 amide bonds. The number of amides is 1. The Balaban J connectivity index is 2.64. The molecule has 100 valence electrons. The molecule has 3 N–H and O–H groups in total. The van der Waals surface area contributed by atoms with Crippen molar-refractivity contribution >= 4 is 5.91 Å². The van der Waals surface area contributed by atoms with Gasteiger partial charge in [0.15, 0.2) is 0 Å². The zero-order chi connectivity index (χ0) is 13.5. The van der Waals surface area contributed by atoms with Gasteiger partial charge in [0.25, 0.3) is 0 Å². The van der Waals surface area contributed by atoms with Crippen LogP contribution in [-0.2, 0) is 4.79 Å². The number of carbonyl (C=O) groups is 1. The lowest BCUT2D eigenvalue weighted by Gasteiger charge is -2.18. The first-order valence-electron chi connectivity index (χ1n) is 6.28. The molecule has 0 fully saturated rings. The number of hydrogen-bond donors (Lipinski definition) is 2. The van der Waals surface area contributed by atoms with Crippen molar-refractivity contribution in [1.82, 2.24) is 5.32 Å². The van der Waals surface area contributed by atoms with Gasteiger partial charge in [-0.1, -0.05) is 25.5 Å². The molecule has 1 aromatic rings. The van der Waals surface area contributed by atoms with Crippen molar-refractivity contribution in [2.45, 2.75) is 38.8 Å². The second kappa shape index (κ2) is 7.01. The zero-order valence-electron chi connectivity index (χ0n) is 11.3. The number of rotatable bonds is 6. The van der Waals surface area contributed by atoms with E-state index < -0.39 is 6.04 Å². The highest BCUT2D eigenvalue weighted by Gasteiger charge is 2.15. The third-order valence-corrected chi connectivity index (χ3v) is 2.89. The SMILES string of the molecule is CCC[C@H](N)C(=O)NC(C)c1cccc(OC)c1. The molecule has 18 heavy (non-hydrogen) atoms. The first kappa shape index (κ1) is 14.5. The average molecular weight is 250 g/mol. The lowest BCUT2D eigenvalue weighted by molar-refractivity contribution is -0.123. The van der Waals surface area contributed by atoms with E-state index in [-0.39, 0.29) is 11.9 Å². The number of nitrogens with one attached hydrogen (secondary N) is 1. The molecule has 1 rings (SSSR count). The Bertz CT molecular complexity index is 393. The maximum absolute atomic E-state index is 11.8. The smallest absolute Gasteiger partial charge is 0.237 e. The first-order valence-corrected chi connectivity index (χ1v) is 6.28. The van der Waals surface area contributed by atoms with Crippen LogP contribution in [0.2, 0.25) is 0 Å². The topological polar surface area (TPSA) is 64.4 Å². The van der Waals surface area contributed by atoms with Gasteiger partial charge in [0.05, 0.1) is 19.2 Å². The zero-order valence-corrected chi connectivity index (χ0v) is 11.3. The fourth-order valence-corrected chi connectivity index (χ4v) is 1.76. The second-order valence-corrected chi connectivity index (χ2v) is 4.40. The Hall–Kier alpha value is -1.55. The molecule has 0 heterocycles. The van der Waals surface area contributed by atoms with E-state index in [2.05, 4.69) is 5.32 Å². The van der Waals surface area contributed by atoms with Gasteiger partial charge in [-0.25, -0.2) is 0 Å². The van der Waals surface area contributed by atoms with Crippen LogP contribution in [0, 0.1) is 0 Å². The van der Waals surface area contributed by atoms with Gasteiger partial charge in [0, 0.05) is 0 Å². The molecule has 0 spiro atoms. The molecule has 0 radical (unpaired) electrons. The predicted octanol–water partition coefficient (Wildman–Crippen LogP) is 2.00. The quantitative estimate of drug-likeness (QED) is 0.811. The molecule has 2 atom stereocenters. The van der Waals surface area contributed by atoms with E-state index in [0.29, 0.717) is 6.42 Å². The molecule has 1 aromatic carbocycles. The summed E-state index contributed by atoms with van der Waals surface area (Å²) in [5.74, 6) is 0.679. The molecular weight excluding hydrogens is 228 g/mol. The summed E-state index contributed by atoms with van der Waals surface area (Å²) in [5.41, 5.74) is 6.78. The van der Waals surface area contributed by atoms with Crippen LogP contribution >= 0.6 is 0 Å². The molecule has 0 saturated heterocycles. The molecule has 1 unspecified atom stereocenters. The molecular formula is C14H22N2O2. The van der Waals surface area contributed by atoms with E-state index in [9.17, 15) is 4.79 Å². The minimum atomic E-state index is -0.428. The van der Waals surface area contributed by atoms with Gasteiger partial charge >= 0.3 is 0 Å². The number of methoxy groups -OCH3 is 1. The summed E-state index contributed by atoms with van der Waals surface area (Å²) in [6.45, 7) is 3.95. The van der Waals surface area contributed by atoms with Crippen LogP contribution in [-0.4, -0.2) is 19.1 Å². The van der Waals surface area contributed by atoms with E-state index >= 15 is 0 Å². The number of nitrogens with two attached hydrogens (primary N) is 1. The molecule has 0 aliphatic carbocycles. The lowest BCUT2D eigenvalue weighted by atomic mass is 10.1. The maximum Gasteiger partial charge on any atom is 0.237 e. The lowest BCUT2D eigenvalue weighted by Crippen LogP contribution is -2.41. The first-order chi connectivity index (χ1) is 8.58. The fraction of sp³-hybridized carbons (Fsp3) is 0.500. The summed E-state index contributed by atoms with van der Waals surface area (Å²) >= 11 is 0. The van der Waals surface area contributed by atoms with Gasteiger partial charge in [-0.15, -0.1) is 0 Å². The molecule has 0 saturated carbocycles. The average Bonchev–Trinajstić information content (AvgIpc) is 2.39. The minimum Gasteiger partial charge on any atom is -0.497 e. The van der Waals surface area contributed by atoms with Gasteiger partial charge in [0.2, 0.25) is 5.91 Å². The summed E-state index contributed by atoms with van der Waals surface area (Å²) in [5, 5.41) is 2.91.